The summed E-state index contributed by atoms with van der Waals surface area (Å²) in [6, 6.07) is 5.10. The van der Waals surface area contributed by atoms with Crippen molar-refractivity contribution in [2.75, 3.05) is 0 Å². The number of ether oxygens (including phenoxy) is 1. The lowest BCUT2D eigenvalue weighted by molar-refractivity contribution is -0.150. The number of H-pyrrole nitrogens is 1. The number of aromatic nitrogens is 1. The minimum Gasteiger partial charge on any atom is -0.453 e. The number of carbonyl (C=O) groups is 5. The van der Waals surface area contributed by atoms with Gasteiger partial charge >= 0.3 is 5.97 Å². The Bertz CT molecular complexity index is 1060. The van der Waals surface area contributed by atoms with Gasteiger partial charge in [-0.15, -0.1) is 0 Å². The van der Waals surface area contributed by atoms with E-state index in [1.54, 1.807) is 26.0 Å². The Morgan fingerprint density at radius 1 is 1.00 bits per heavy atom. The van der Waals surface area contributed by atoms with Crippen molar-refractivity contribution in [3.63, 3.8) is 0 Å². The number of aryl methyl sites for hydroxylation is 1. The SMILES string of the molecule is CC(=O)c1c(C)[nH]c(C(=O)C(C)OC(=O)C(C)N2C(=O)c3ccccc3C2=O)c1C. The molecule has 0 radical (unpaired) electrons. The predicted molar refractivity (Wildman–Crippen MR) is 107 cm³/mol. The molecule has 3 rings (SSSR count). The van der Waals surface area contributed by atoms with Crippen LogP contribution in [0, 0.1) is 13.8 Å². The summed E-state index contributed by atoms with van der Waals surface area (Å²) in [6.45, 7) is 7.51. The summed E-state index contributed by atoms with van der Waals surface area (Å²) in [6.07, 6.45) is -1.17. The van der Waals surface area contributed by atoms with Gasteiger partial charge in [-0.25, -0.2) is 4.79 Å². The highest BCUT2D eigenvalue weighted by molar-refractivity contribution is 6.22. The molecule has 0 aliphatic carbocycles. The first-order valence-electron chi connectivity index (χ1n) is 9.48. The Morgan fingerprint density at radius 3 is 2.00 bits per heavy atom. The van der Waals surface area contributed by atoms with E-state index in [1.165, 1.54) is 32.9 Å². The van der Waals surface area contributed by atoms with Crippen LogP contribution in [0.5, 0.6) is 0 Å². The molecule has 156 valence electrons. The average Bonchev–Trinajstić information content (AvgIpc) is 3.13. The third kappa shape index (κ3) is 3.34. The van der Waals surface area contributed by atoms with Crippen LogP contribution in [-0.2, 0) is 9.53 Å². The fraction of sp³-hybridized carbons (Fsp3) is 0.318. The van der Waals surface area contributed by atoms with E-state index >= 15 is 0 Å². The van der Waals surface area contributed by atoms with Crippen LogP contribution >= 0.6 is 0 Å². The molecule has 2 aromatic rings. The van der Waals surface area contributed by atoms with Crippen molar-refractivity contribution >= 4 is 29.4 Å². The van der Waals surface area contributed by atoms with Crippen molar-refractivity contribution in [3.05, 3.63) is 57.9 Å². The Morgan fingerprint density at radius 2 is 1.53 bits per heavy atom. The summed E-state index contributed by atoms with van der Waals surface area (Å²) in [4.78, 5) is 65.9. The van der Waals surface area contributed by atoms with Crippen LogP contribution in [0.2, 0.25) is 0 Å². The van der Waals surface area contributed by atoms with Gasteiger partial charge in [-0.1, -0.05) is 12.1 Å². The van der Waals surface area contributed by atoms with Crippen LogP contribution in [-0.4, -0.2) is 51.4 Å². The first-order valence-corrected chi connectivity index (χ1v) is 9.48. The van der Waals surface area contributed by atoms with Gasteiger partial charge < -0.3 is 9.72 Å². The van der Waals surface area contributed by atoms with Crippen LogP contribution in [0.1, 0.15) is 73.6 Å². The fourth-order valence-electron chi connectivity index (χ4n) is 3.72. The Kier molecular flexibility index (Phi) is 5.43. The second kappa shape index (κ2) is 7.70. The van der Waals surface area contributed by atoms with Gasteiger partial charge in [0.1, 0.15) is 6.04 Å². The number of amides is 2. The third-order valence-corrected chi connectivity index (χ3v) is 5.25. The molecule has 2 unspecified atom stereocenters. The number of ketones is 2. The molecule has 0 spiro atoms. The minimum absolute atomic E-state index is 0.177. The summed E-state index contributed by atoms with van der Waals surface area (Å²) in [5.41, 5.74) is 2.10. The van der Waals surface area contributed by atoms with Gasteiger partial charge in [0.15, 0.2) is 11.9 Å². The van der Waals surface area contributed by atoms with Crippen molar-refractivity contribution in [1.82, 2.24) is 9.88 Å². The average molecular weight is 410 g/mol. The zero-order valence-corrected chi connectivity index (χ0v) is 17.4. The smallest absolute Gasteiger partial charge is 0.329 e. The molecule has 0 fully saturated rings. The highest BCUT2D eigenvalue weighted by Gasteiger charge is 2.42. The number of nitrogens with one attached hydrogen (secondary N) is 1. The minimum atomic E-state index is -1.20. The first-order chi connectivity index (χ1) is 14.1. The number of aromatic amines is 1. The molecule has 0 saturated heterocycles. The normalized spacial score (nSPS) is 15.0. The zero-order valence-electron chi connectivity index (χ0n) is 17.4. The summed E-state index contributed by atoms with van der Waals surface area (Å²) < 4.78 is 5.26. The predicted octanol–water partition coefficient (Wildman–Crippen LogP) is 2.63. The second-order valence-corrected chi connectivity index (χ2v) is 7.33. The van der Waals surface area contributed by atoms with Gasteiger partial charge in [-0.2, -0.15) is 0 Å². The quantitative estimate of drug-likeness (QED) is 0.445. The maximum absolute atomic E-state index is 12.8. The van der Waals surface area contributed by atoms with Gasteiger partial charge in [0.25, 0.3) is 11.8 Å². The van der Waals surface area contributed by atoms with Crippen LogP contribution in [0.15, 0.2) is 24.3 Å². The van der Waals surface area contributed by atoms with Crippen molar-refractivity contribution < 1.29 is 28.7 Å². The van der Waals surface area contributed by atoms with Gasteiger partial charge in [0, 0.05) is 11.3 Å². The topological polar surface area (TPSA) is 114 Å². The molecule has 1 aromatic heterocycles. The molecule has 0 bridgehead atoms. The van der Waals surface area contributed by atoms with Crippen molar-refractivity contribution in [2.45, 2.75) is 46.8 Å². The summed E-state index contributed by atoms with van der Waals surface area (Å²) in [5.74, 6) is -2.73. The molecule has 8 nitrogen and oxygen atoms in total. The van der Waals surface area contributed by atoms with Gasteiger partial charge in [-0.3, -0.25) is 24.1 Å². The number of esters is 1. The molecule has 1 N–H and O–H groups in total. The monoisotopic (exact) mass is 410 g/mol. The van der Waals surface area contributed by atoms with Crippen LogP contribution < -0.4 is 0 Å². The molecule has 1 aliphatic rings. The number of imide groups is 1. The van der Waals surface area contributed by atoms with E-state index < -0.39 is 35.7 Å². The number of rotatable bonds is 6. The molecule has 2 amide bonds. The van der Waals surface area contributed by atoms with E-state index in [4.69, 9.17) is 4.74 Å². The standard InChI is InChI=1S/C22H22N2O6/c1-10-17(13(4)25)11(2)23-18(10)19(26)14(5)30-22(29)12(3)24-20(27)15-8-6-7-9-16(15)21(24)28/h6-9,12,14,23H,1-5H3. The van der Waals surface area contributed by atoms with Crippen LogP contribution in [0.4, 0.5) is 0 Å². The molecule has 8 heteroatoms. The van der Waals surface area contributed by atoms with E-state index in [9.17, 15) is 24.0 Å². The lowest BCUT2D eigenvalue weighted by atomic mass is 10.0. The summed E-state index contributed by atoms with van der Waals surface area (Å²) in [7, 11) is 0. The lowest BCUT2D eigenvalue weighted by Crippen LogP contribution is -2.45. The van der Waals surface area contributed by atoms with E-state index in [1.807, 2.05) is 0 Å². The number of nitrogens with zero attached hydrogens (tertiary/aromatic N) is 1. The van der Waals surface area contributed by atoms with E-state index in [0.29, 0.717) is 16.8 Å². The molecule has 0 saturated carbocycles. The van der Waals surface area contributed by atoms with E-state index in [2.05, 4.69) is 4.98 Å². The number of Topliss-reactive ketones (excluding diaryl/α,β-unsaturated/α-hetero) is 2. The Hall–Kier alpha value is -3.55. The summed E-state index contributed by atoms with van der Waals surface area (Å²) in [5, 5.41) is 0. The Labute approximate surface area is 173 Å². The van der Waals surface area contributed by atoms with Crippen LogP contribution in [0.3, 0.4) is 0 Å². The second-order valence-electron chi connectivity index (χ2n) is 7.33. The van der Waals surface area contributed by atoms with Crippen molar-refractivity contribution in [1.29, 1.82) is 0 Å². The maximum atomic E-state index is 12.8. The molecular formula is C22H22N2O6. The molecule has 30 heavy (non-hydrogen) atoms. The van der Waals surface area contributed by atoms with E-state index in [0.717, 1.165) is 4.90 Å². The summed E-state index contributed by atoms with van der Waals surface area (Å²) >= 11 is 0. The number of hydrogen-bond donors (Lipinski definition) is 1. The van der Waals surface area contributed by atoms with Gasteiger partial charge in [-0.05, 0) is 52.3 Å². The molecule has 2 heterocycles. The van der Waals surface area contributed by atoms with E-state index in [-0.39, 0.29) is 22.6 Å². The zero-order chi connectivity index (χ0) is 22.3. The first kappa shape index (κ1) is 21.2. The number of carbonyl (C=O) groups excluding carboxylic acids is 5. The molecule has 1 aromatic carbocycles. The Balaban J connectivity index is 1.76. The number of benzene rings is 1. The molecule has 2 atom stereocenters. The largest absolute Gasteiger partial charge is 0.453 e. The third-order valence-electron chi connectivity index (χ3n) is 5.25. The van der Waals surface area contributed by atoms with Crippen molar-refractivity contribution in [2.24, 2.45) is 0 Å². The highest BCUT2D eigenvalue weighted by Crippen LogP contribution is 2.25. The van der Waals surface area contributed by atoms with Crippen LogP contribution in [0.25, 0.3) is 0 Å². The number of hydrogen-bond acceptors (Lipinski definition) is 6. The number of fused-ring (bicyclic) bond motifs is 1. The van der Waals surface area contributed by atoms with Crippen molar-refractivity contribution in [3.8, 4) is 0 Å². The van der Waals surface area contributed by atoms with Gasteiger partial charge in [0.2, 0.25) is 5.78 Å². The molecule has 1 aliphatic heterocycles. The highest BCUT2D eigenvalue weighted by atomic mass is 16.5. The lowest BCUT2D eigenvalue weighted by Gasteiger charge is -2.22. The fourth-order valence-corrected chi connectivity index (χ4v) is 3.72. The molecular weight excluding hydrogens is 388 g/mol. The van der Waals surface area contributed by atoms with Gasteiger partial charge in [0.05, 0.1) is 16.8 Å². The maximum Gasteiger partial charge on any atom is 0.329 e.